The van der Waals surface area contributed by atoms with E-state index in [0.717, 1.165) is 0 Å². The van der Waals surface area contributed by atoms with Crippen LogP contribution in [0.25, 0.3) is 0 Å². The molecule has 11 heavy (non-hydrogen) atoms. The van der Waals surface area contributed by atoms with Crippen LogP contribution in [0.3, 0.4) is 0 Å². The SMILES string of the molecule is OC1OC[C@@H](O)[C@H](O)C1(O)O. The van der Waals surface area contributed by atoms with E-state index >= 15 is 0 Å². The summed E-state index contributed by atoms with van der Waals surface area (Å²) in [7, 11) is 0. The topological polar surface area (TPSA) is 110 Å². The molecule has 1 saturated heterocycles. The minimum atomic E-state index is -2.79. The zero-order valence-electron chi connectivity index (χ0n) is 5.58. The third kappa shape index (κ3) is 1.36. The number of aliphatic hydroxyl groups excluding tert-OH is 3. The average Bonchev–Trinajstić information content (AvgIpc) is 1.95. The molecule has 3 atom stereocenters. The average molecular weight is 166 g/mol. The van der Waals surface area contributed by atoms with E-state index in [-0.39, 0.29) is 6.61 Å². The van der Waals surface area contributed by atoms with Gasteiger partial charge in [-0.25, -0.2) is 0 Å². The normalized spacial score (nSPS) is 43.9. The van der Waals surface area contributed by atoms with E-state index in [1.807, 2.05) is 0 Å². The minimum absolute atomic E-state index is 0.328. The highest BCUT2D eigenvalue weighted by molar-refractivity contribution is 4.87. The molecule has 0 aromatic carbocycles. The highest BCUT2D eigenvalue weighted by Gasteiger charge is 2.49. The molecule has 0 aromatic rings. The monoisotopic (exact) mass is 166 g/mol. The van der Waals surface area contributed by atoms with Crippen LogP contribution in [0.2, 0.25) is 0 Å². The maximum atomic E-state index is 8.89. The van der Waals surface area contributed by atoms with Crippen molar-refractivity contribution >= 4 is 0 Å². The van der Waals surface area contributed by atoms with Crippen LogP contribution in [0.1, 0.15) is 0 Å². The lowest BCUT2D eigenvalue weighted by atomic mass is 10.0. The van der Waals surface area contributed by atoms with Crippen molar-refractivity contribution in [1.29, 1.82) is 0 Å². The highest BCUT2D eigenvalue weighted by atomic mass is 16.7. The zero-order valence-corrected chi connectivity index (χ0v) is 5.58. The first-order valence-electron chi connectivity index (χ1n) is 3.07. The van der Waals surface area contributed by atoms with E-state index in [4.69, 9.17) is 25.5 Å². The maximum Gasteiger partial charge on any atom is 0.245 e. The van der Waals surface area contributed by atoms with E-state index < -0.39 is 24.3 Å². The summed E-state index contributed by atoms with van der Waals surface area (Å²) >= 11 is 0. The molecule has 1 unspecified atom stereocenters. The Kier molecular flexibility index (Phi) is 2.15. The van der Waals surface area contributed by atoms with Crippen molar-refractivity contribution in [3.63, 3.8) is 0 Å². The molecular formula is C5H10O6. The van der Waals surface area contributed by atoms with Crippen LogP contribution in [0.4, 0.5) is 0 Å². The van der Waals surface area contributed by atoms with Gasteiger partial charge < -0.3 is 30.3 Å². The molecular weight excluding hydrogens is 156 g/mol. The summed E-state index contributed by atoms with van der Waals surface area (Å²) in [5, 5.41) is 44.1. The molecule has 0 aliphatic carbocycles. The van der Waals surface area contributed by atoms with Gasteiger partial charge in [0.15, 0.2) is 0 Å². The Morgan fingerprint density at radius 3 is 2.18 bits per heavy atom. The lowest BCUT2D eigenvalue weighted by Crippen LogP contribution is -2.62. The quantitative estimate of drug-likeness (QED) is 0.242. The number of aliphatic hydroxyl groups is 5. The van der Waals surface area contributed by atoms with E-state index in [1.165, 1.54) is 0 Å². The van der Waals surface area contributed by atoms with Crippen LogP contribution in [0.15, 0.2) is 0 Å². The molecule has 0 radical (unpaired) electrons. The minimum Gasteiger partial charge on any atom is -0.388 e. The number of hydrogen-bond acceptors (Lipinski definition) is 6. The first-order chi connectivity index (χ1) is 4.96. The van der Waals surface area contributed by atoms with E-state index in [9.17, 15) is 0 Å². The molecule has 1 heterocycles. The van der Waals surface area contributed by atoms with Crippen LogP contribution in [-0.4, -0.2) is 56.4 Å². The predicted octanol–water partition coefficient (Wildman–Crippen LogP) is -3.26. The van der Waals surface area contributed by atoms with E-state index in [1.54, 1.807) is 0 Å². The molecule has 0 spiro atoms. The van der Waals surface area contributed by atoms with Gasteiger partial charge in [0.25, 0.3) is 0 Å². The van der Waals surface area contributed by atoms with Crippen molar-refractivity contribution in [3.8, 4) is 0 Å². The van der Waals surface area contributed by atoms with Gasteiger partial charge in [0.2, 0.25) is 12.1 Å². The largest absolute Gasteiger partial charge is 0.388 e. The summed E-state index contributed by atoms with van der Waals surface area (Å²) in [6, 6.07) is 0. The second-order valence-corrected chi connectivity index (χ2v) is 2.48. The molecule has 1 aliphatic rings. The third-order valence-electron chi connectivity index (χ3n) is 1.59. The van der Waals surface area contributed by atoms with Gasteiger partial charge in [0.1, 0.15) is 12.2 Å². The lowest BCUT2D eigenvalue weighted by Gasteiger charge is -2.38. The second-order valence-electron chi connectivity index (χ2n) is 2.48. The van der Waals surface area contributed by atoms with Crippen molar-refractivity contribution in [2.75, 3.05) is 6.61 Å². The number of ether oxygens (including phenoxy) is 1. The van der Waals surface area contributed by atoms with Crippen molar-refractivity contribution in [3.05, 3.63) is 0 Å². The molecule has 0 saturated carbocycles. The molecule has 6 nitrogen and oxygen atoms in total. The second kappa shape index (κ2) is 2.67. The van der Waals surface area contributed by atoms with Gasteiger partial charge in [-0.3, -0.25) is 0 Å². The van der Waals surface area contributed by atoms with Crippen molar-refractivity contribution in [2.45, 2.75) is 24.3 Å². The molecule has 0 amide bonds. The van der Waals surface area contributed by atoms with Gasteiger partial charge in [0.05, 0.1) is 6.61 Å². The van der Waals surface area contributed by atoms with Crippen molar-refractivity contribution in [1.82, 2.24) is 0 Å². The Bertz CT molecular complexity index is 146. The first-order valence-corrected chi connectivity index (χ1v) is 3.07. The molecule has 0 bridgehead atoms. The summed E-state index contributed by atoms with van der Waals surface area (Å²) in [5.74, 6) is -2.79. The van der Waals surface area contributed by atoms with Gasteiger partial charge in [-0.2, -0.15) is 0 Å². The van der Waals surface area contributed by atoms with Gasteiger partial charge in [0, 0.05) is 0 Å². The Balaban J connectivity index is 2.72. The van der Waals surface area contributed by atoms with Crippen LogP contribution in [-0.2, 0) is 4.74 Å². The third-order valence-corrected chi connectivity index (χ3v) is 1.59. The maximum absolute atomic E-state index is 8.89. The number of rotatable bonds is 0. The lowest BCUT2D eigenvalue weighted by molar-refractivity contribution is -0.378. The molecule has 5 N–H and O–H groups in total. The van der Waals surface area contributed by atoms with Crippen LogP contribution in [0.5, 0.6) is 0 Å². The summed E-state index contributed by atoms with van der Waals surface area (Å²) in [6.45, 7) is -0.328. The molecule has 1 aliphatic heterocycles. The standard InChI is InChI=1S/C5H10O6/c6-2-1-11-4(8)5(9,10)3(2)7/h2-4,6-10H,1H2/t2-,3+,4?/m1/s1. The molecule has 1 fully saturated rings. The smallest absolute Gasteiger partial charge is 0.245 e. The van der Waals surface area contributed by atoms with E-state index in [0.29, 0.717) is 0 Å². The Morgan fingerprint density at radius 1 is 1.18 bits per heavy atom. The van der Waals surface area contributed by atoms with Crippen LogP contribution in [0, 0.1) is 0 Å². The summed E-state index contributed by atoms with van der Waals surface area (Å²) in [4.78, 5) is 0. The Morgan fingerprint density at radius 2 is 1.73 bits per heavy atom. The van der Waals surface area contributed by atoms with Gasteiger partial charge in [-0.15, -0.1) is 0 Å². The Hall–Kier alpha value is -0.240. The molecule has 0 aromatic heterocycles. The van der Waals surface area contributed by atoms with Gasteiger partial charge >= 0.3 is 0 Å². The highest BCUT2D eigenvalue weighted by Crippen LogP contribution is 2.21. The van der Waals surface area contributed by atoms with Crippen LogP contribution >= 0.6 is 0 Å². The summed E-state index contributed by atoms with van der Waals surface area (Å²) in [5.41, 5.74) is 0. The molecule has 66 valence electrons. The van der Waals surface area contributed by atoms with Crippen molar-refractivity contribution in [2.24, 2.45) is 0 Å². The number of hydrogen-bond donors (Lipinski definition) is 5. The summed E-state index contributed by atoms with van der Waals surface area (Å²) < 4.78 is 4.32. The fourth-order valence-electron chi connectivity index (χ4n) is 0.833. The summed E-state index contributed by atoms with van der Waals surface area (Å²) in [6.07, 6.45) is -5.10. The molecule has 6 heteroatoms. The van der Waals surface area contributed by atoms with Gasteiger partial charge in [-0.1, -0.05) is 0 Å². The fraction of sp³-hybridized carbons (Fsp3) is 1.00. The predicted molar refractivity (Wildman–Crippen MR) is 31.1 cm³/mol. The first kappa shape index (κ1) is 8.85. The van der Waals surface area contributed by atoms with Gasteiger partial charge in [-0.05, 0) is 0 Å². The van der Waals surface area contributed by atoms with Crippen LogP contribution < -0.4 is 0 Å². The zero-order chi connectivity index (χ0) is 8.65. The fourth-order valence-corrected chi connectivity index (χ4v) is 0.833. The van der Waals surface area contributed by atoms with Crippen molar-refractivity contribution < 1.29 is 30.3 Å². The Labute approximate surface area is 62.3 Å². The van der Waals surface area contributed by atoms with E-state index in [2.05, 4.69) is 4.74 Å². The molecule has 1 rings (SSSR count).